The fraction of sp³-hybridized carbons (Fsp3) is 0.222. The lowest BCUT2D eigenvalue weighted by atomic mass is 9.64. The molecule has 1 fully saturated rings. The van der Waals surface area contributed by atoms with Crippen molar-refractivity contribution in [3.8, 4) is 0 Å². The average molecular weight is 309 g/mol. The van der Waals surface area contributed by atoms with Crippen molar-refractivity contribution in [2.24, 2.45) is 0 Å². The Labute approximate surface area is 132 Å². The summed E-state index contributed by atoms with van der Waals surface area (Å²) in [6, 6.07) is 13.9. The number of benzene rings is 2. The highest BCUT2D eigenvalue weighted by atomic mass is 19.1. The smallest absolute Gasteiger partial charge is 0.249 e. The van der Waals surface area contributed by atoms with E-state index < -0.39 is 5.41 Å². The number of fused-ring (bicyclic) bond motifs is 1. The average Bonchev–Trinajstić information content (AvgIpc) is 2.91. The zero-order chi connectivity index (χ0) is 15.9. The molecular weight excluding hydrogens is 293 g/mol. The number of nitrogens with one attached hydrogen (secondary N) is 1. The monoisotopic (exact) mass is 309 g/mol. The van der Waals surface area contributed by atoms with Gasteiger partial charge in [0.05, 0.1) is 16.4 Å². The van der Waals surface area contributed by atoms with Gasteiger partial charge in [-0.15, -0.1) is 0 Å². The fourth-order valence-electron chi connectivity index (χ4n) is 3.21. The molecule has 1 N–H and O–H groups in total. The van der Waals surface area contributed by atoms with Gasteiger partial charge in [-0.1, -0.05) is 30.7 Å². The molecule has 0 unspecified atom stereocenters. The van der Waals surface area contributed by atoms with E-state index in [2.05, 4.69) is 10.4 Å². The van der Waals surface area contributed by atoms with Crippen LogP contribution in [0.2, 0.25) is 0 Å². The van der Waals surface area contributed by atoms with Crippen molar-refractivity contribution >= 4 is 16.9 Å². The van der Waals surface area contributed by atoms with Crippen molar-refractivity contribution in [1.29, 1.82) is 0 Å². The highest BCUT2D eigenvalue weighted by Crippen LogP contribution is 2.44. The summed E-state index contributed by atoms with van der Waals surface area (Å²) in [5.41, 5.74) is 4.93. The maximum Gasteiger partial charge on any atom is 0.249 e. The van der Waals surface area contributed by atoms with Crippen LogP contribution in [0.1, 0.15) is 24.8 Å². The van der Waals surface area contributed by atoms with E-state index in [-0.39, 0.29) is 11.7 Å². The zero-order valence-electron chi connectivity index (χ0n) is 12.5. The molecule has 0 spiro atoms. The summed E-state index contributed by atoms with van der Waals surface area (Å²) in [6.07, 6.45) is 4.16. The minimum atomic E-state index is -0.570. The third-order valence-electron chi connectivity index (χ3n) is 4.71. The Hall–Kier alpha value is -2.69. The van der Waals surface area contributed by atoms with Crippen LogP contribution < -0.4 is 5.43 Å². The van der Waals surface area contributed by atoms with Crippen molar-refractivity contribution in [1.82, 2.24) is 9.66 Å². The Morgan fingerprint density at radius 2 is 1.87 bits per heavy atom. The number of imidazole rings is 1. The molecule has 1 saturated carbocycles. The van der Waals surface area contributed by atoms with Crippen LogP contribution in [0.25, 0.3) is 11.0 Å². The lowest BCUT2D eigenvalue weighted by molar-refractivity contribution is -0.125. The van der Waals surface area contributed by atoms with E-state index in [0.29, 0.717) is 0 Å². The molecule has 4 rings (SSSR count). The second-order valence-electron chi connectivity index (χ2n) is 5.99. The number of hydrogen-bond acceptors (Lipinski definition) is 2. The number of nitrogens with zero attached hydrogens (tertiary/aromatic N) is 2. The molecule has 5 heteroatoms. The fourth-order valence-corrected chi connectivity index (χ4v) is 3.21. The third-order valence-corrected chi connectivity index (χ3v) is 4.71. The molecule has 0 aliphatic heterocycles. The molecule has 0 bridgehead atoms. The molecular formula is C18H16FN3O. The standard InChI is InChI=1S/C18H16FN3O/c19-14-8-6-13(7-9-14)18(10-3-11-18)17(23)21-22-12-20-15-4-1-2-5-16(15)22/h1-2,4-9,12H,3,10-11H2,(H,21,23). The van der Waals surface area contributed by atoms with Crippen LogP contribution in [0.15, 0.2) is 54.9 Å². The first-order valence-electron chi connectivity index (χ1n) is 7.69. The topological polar surface area (TPSA) is 46.9 Å². The van der Waals surface area contributed by atoms with Crippen LogP contribution in [-0.2, 0) is 10.2 Å². The number of amides is 1. The van der Waals surface area contributed by atoms with E-state index in [9.17, 15) is 9.18 Å². The molecule has 0 radical (unpaired) electrons. The highest BCUT2D eigenvalue weighted by molar-refractivity contribution is 5.96. The molecule has 116 valence electrons. The molecule has 23 heavy (non-hydrogen) atoms. The van der Waals surface area contributed by atoms with Gasteiger partial charge < -0.3 is 0 Å². The van der Waals surface area contributed by atoms with Gasteiger partial charge in [0.25, 0.3) is 0 Å². The minimum Gasteiger partial charge on any atom is -0.272 e. The molecule has 1 amide bonds. The summed E-state index contributed by atoms with van der Waals surface area (Å²) < 4.78 is 14.8. The maximum absolute atomic E-state index is 13.2. The second kappa shape index (κ2) is 5.19. The van der Waals surface area contributed by atoms with Crippen LogP contribution in [0.5, 0.6) is 0 Å². The number of halogens is 1. The van der Waals surface area contributed by atoms with Crippen molar-refractivity contribution in [2.75, 3.05) is 5.43 Å². The molecule has 0 atom stereocenters. The predicted molar refractivity (Wildman–Crippen MR) is 86.0 cm³/mol. The summed E-state index contributed by atoms with van der Waals surface area (Å²) >= 11 is 0. The van der Waals surface area contributed by atoms with Gasteiger partial charge in [-0.05, 0) is 42.7 Å². The summed E-state index contributed by atoms with van der Waals surface area (Å²) in [5, 5.41) is 0. The van der Waals surface area contributed by atoms with E-state index in [1.165, 1.54) is 12.1 Å². The Bertz CT molecular complexity index is 865. The summed E-state index contributed by atoms with van der Waals surface area (Å²) in [4.78, 5) is 17.2. The van der Waals surface area contributed by atoms with E-state index in [4.69, 9.17) is 0 Å². The van der Waals surface area contributed by atoms with Gasteiger partial charge in [0.15, 0.2) is 0 Å². The quantitative estimate of drug-likeness (QED) is 0.806. The van der Waals surface area contributed by atoms with Crippen LogP contribution in [0, 0.1) is 5.82 Å². The molecule has 1 heterocycles. The van der Waals surface area contributed by atoms with Gasteiger partial charge in [0.1, 0.15) is 12.1 Å². The van der Waals surface area contributed by atoms with E-state index in [1.54, 1.807) is 23.1 Å². The number of carbonyl (C=O) groups excluding carboxylic acids is 1. The first-order valence-corrected chi connectivity index (χ1v) is 7.69. The second-order valence-corrected chi connectivity index (χ2v) is 5.99. The van der Waals surface area contributed by atoms with Crippen molar-refractivity contribution in [3.63, 3.8) is 0 Å². The number of para-hydroxylation sites is 2. The Morgan fingerprint density at radius 3 is 2.57 bits per heavy atom. The summed E-state index contributed by atoms with van der Waals surface area (Å²) in [5.74, 6) is -0.359. The molecule has 4 nitrogen and oxygen atoms in total. The molecule has 1 aliphatic rings. The number of aromatic nitrogens is 2. The number of rotatable bonds is 3. The van der Waals surface area contributed by atoms with Crippen LogP contribution >= 0.6 is 0 Å². The van der Waals surface area contributed by atoms with Crippen LogP contribution in [0.4, 0.5) is 4.39 Å². The molecule has 2 aromatic carbocycles. The lowest BCUT2D eigenvalue weighted by Crippen LogP contribution is -2.48. The molecule has 0 saturated heterocycles. The number of hydrogen-bond donors (Lipinski definition) is 1. The van der Waals surface area contributed by atoms with Gasteiger partial charge in [-0.3, -0.25) is 10.2 Å². The van der Waals surface area contributed by atoms with Gasteiger partial charge in [-0.25, -0.2) is 14.1 Å². The van der Waals surface area contributed by atoms with Gasteiger partial charge in [0, 0.05) is 0 Å². The first kappa shape index (κ1) is 13.9. The maximum atomic E-state index is 13.2. The van der Waals surface area contributed by atoms with E-state index in [0.717, 1.165) is 35.9 Å². The van der Waals surface area contributed by atoms with E-state index >= 15 is 0 Å². The summed E-state index contributed by atoms with van der Waals surface area (Å²) in [6.45, 7) is 0. The van der Waals surface area contributed by atoms with Gasteiger partial charge in [0.2, 0.25) is 5.91 Å². The Morgan fingerprint density at radius 1 is 1.13 bits per heavy atom. The minimum absolute atomic E-state index is 0.0708. The van der Waals surface area contributed by atoms with Crippen molar-refractivity contribution in [2.45, 2.75) is 24.7 Å². The Balaban J connectivity index is 1.66. The largest absolute Gasteiger partial charge is 0.272 e. The first-order chi connectivity index (χ1) is 11.2. The van der Waals surface area contributed by atoms with Crippen LogP contribution in [-0.4, -0.2) is 15.6 Å². The van der Waals surface area contributed by atoms with Crippen molar-refractivity contribution < 1.29 is 9.18 Å². The molecule has 3 aromatic rings. The SMILES string of the molecule is O=C(Nn1cnc2ccccc21)C1(c2ccc(F)cc2)CCC1. The zero-order valence-corrected chi connectivity index (χ0v) is 12.5. The lowest BCUT2D eigenvalue weighted by Gasteiger charge is -2.40. The van der Waals surface area contributed by atoms with Crippen molar-refractivity contribution in [3.05, 3.63) is 66.2 Å². The number of carbonyl (C=O) groups is 1. The van der Waals surface area contributed by atoms with Crippen LogP contribution in [0.3, 0.4) is 0 Å². The Kier molecular flexibility index (Phi) is 3.15. The molecule has 1 aromatic heterocycles. The molecule has 1 aliphatic carbocycles. The highest BCUT2D eigenvalue weighted by Gasteiger charge is 2.45. The van der Waals surface area contributed by atoms with E-state index in [1.807, 2.05) is 24.3 Å². The van der Waals surface area contributed by atoms with Gasteiger partial charge in [-0.2, -0.15) is 0 Å². The van der Waals surface area contributed by atoms with Gasteiger partial charge >= 0.3 is 0 Å². The normalized spacial score (nSPS) is 16.0. The third kappa shape index (κ3) is 2.20. The predicted octanol–water partition coefficient (Wildman–Crippen LogP) is 3.37. The summed E-state index contributed by atoms with van der Waals surface area (Å²) in [7, 11) is 0.